The van der Waals surface area contributed by atoms with Crippen molar-refractivity contribution in [2.45, 2.75) is 56.8 Å². The van der Waals surface area contributed by atoms with E-state index >= 15 is 0 Å². The number of piperidine rings is 1. The van der Waals surface area contributed by atoms with E-state index in [2.05, 4.69) is 25.8 Å². The summed E-state index contributed by atoms with van der Waals surface area (Å²) >= 11 is 0. The van der Waals surface area contributed by atoms with Crippen LogP contribution in [0, 0.1) is 16.7 Å². The highest BCUT2D eigenvalue weighted by atomic mass is 19.4. The number of amidine groups is 1. The molecule has 3 heterocycles. The predicted octanol–water partition coefficient (Wildman–Crippen LogP) is 4.41. The van der Waals surface area contributed by atoms with E-state index in [0.29, 0.717) is 41.0 Å². The maximum absolute atomic E-state index is 13.9. The Balaban J connectivity index is 1.52. The van der Waals surface area contributed by atoms with Crippen molar-refractivity contribution in [3.8, 4) is 11.3 Å². The van der Waals surface area contributed by atoms with Crippen LogP contribution in [0.2, 0.25) is 0 Å². The molecule has 1 saturated carbocycles. The summed E-state index contributed by atoms with van der Waals surface area (Å²) in [6, 6.07) is 8.31. The van der Waals surface area contributed by atoms with Gasteiger partial charge in [0.2, 0.25) is 5.91 Å². The van der Waals surface area contributed by atoms with Gasteiger partial charge in [0.1, 0.15) is 17.2 Å². The number of rotatable bonds is 8. The molecular weight excluding hydrogens is 509 g/mol. The highest BCUT2D eigenvalue weighted by Crippen LogP contribution is 2.42. The average molecular weight is 541 g/mol. The molecule has 2 atom stereocenters. The van der Waals surface area contributed by atoms with Crippen molar-refractivity contribution in [2.75, 3.05) is 13.6 Å². The minimum atomic E-state index is -4.65. The fraction of sp³-hybridized carbons (Fsp3) is 0.444. The standard InChI is InChI=1S/C27H31F3N8O/c1-38(14-31)26(32)23(15-4-2-5-15)16-6-3-7-17(10-16)24-19-12-21(27(28,29)30)35-20(25(19)37-36-24)13-34-18-8-9-33-22(39)11-18/h3,6-7,10,12,14-15,18,23,31-32,34H,2,4-5,8-9,11,13H2,1H3,(H,33,39)(H,36,37). The van der Waals surface area contributed by atoms with E-state index < -0.39 is 11.9 Å². The van der Waals surface area contributed by atoms with Gasteiger partial charge in [0.05, 0.1) is 17.5 Å². The molecule has 12 heteroatoms. The molecule has 2 fully saturated rings. The lowest BCUT2D eigenvalue weighted by atomic mass is 9.72. The van der Waals surface area contributed by atoms with Crippen molar-refractivity contribution in [3.05, 3.63) is 47.3 Å². The highest BCUT2D eigenvalue weighted by molar-refractivity contribution is 5.96. The van der Waals surface area contributed by atoms with E-state index in [9.17, 15) is 18.0 Å². The van der Waals surface area contributed by atoms with Gasteiger partial charge in [-0.1, -0.05) is 24.6 Å². The Hall–Kier alpha value is -3.80. The molecule has 39 heavy (non-hydrogen) atoms. The van der Waals surface area contributed by atoms with Crippen LogP contribution in [0.3, 0.4) is 0 Å². The van der Waals surface area contributed by atoms with Crippen LogP contribution in [-0.2, 0) is 17.5 Å². The normalized spacial score (nSPS) is 18.9. The number of nitrogens with zero attached hydrogens (tertiary/aromatic N) is 3. The summed E-state index contributed by atoms with van der Waals surface area (Å²) < 4.78 is 41.6. The van der Waals surface area contributed by atoms with Crippen LogP contribution in [0.5, 0.6) is 0 Å². The Morgan fingerprint density at radius 3 is 2.74 bits per heavy atom. The van der Waals surface area contributed by atoms with E-state index in [1.54, 1.807) is 13.1 Å². The summed E-state index contributed by atoms with van der Waals surface area (Å²) in [5.74, 6) is 0.263. The number of pyridine rings is 1. The van der Waals surface area contributed by atoms with Crippen molar-refractivity contribution >= 4 is 29.0 Å². The molecule has 1 aliphatic carbocycles. The topological polar surface area (TPSA) is 134 Å². The third-order valence-electron chi connectivity index (χ3n) is 7.73. The van der Waals surface area contributed by atoms with Crippen LogP contribution in [0.4, 0.5) is 13.2 Å². The monoisotopic (exact) mass is 540 g/mol. The molecule has 0 spiro atoms. The van der Waals surface area contributed by atoms with E-state index in [4.69, 9.17) is 10.8 Å². The number of hydrogen-bond acceptors (Lipinski definition) is 6. The summed E-state index contributed by atoms with van der Waals surface area (Å²) in [7, 11) is 1.67. The van der Waals surface area contributed by atoms with Crippen molar-refractivity contribution in [1.29, 1.82) is 10.8 Å². The number of H-pyrrole nitrogens is 1. The first-order valence-electron chi connectivity index (χ1n) is 13.0. The molecule has 0 radical (unpaired) electrons. The number of carbonyl (C=O) groups is 1. The van der Waals surface area contributed by atoms with Gasteiger partial charge < -0.3 is 15.5 Å². The number of alkyl halides is 3. The van der Waals surface area contributed by atoms with E-state index in [-0.39, 0.29) is 42.4 Å². The Morgan fingerprint density at radius 2 is 2.08 bits per heavy atom. The van der Waals surface area contributed by atoms with E-state index in [1.807, 2.05) is 18.2 Å². The molecule has 2 aromatic heterocycles. The molecule has 206 valence electrons. The maximum Gasteiger partial charge on any atom is 0.433 e. The van der Waals surface area contributed by atoms with Crippen LogP contribution in [0.25, 0.3) is 22.2 Å². The second-order valence-corrected chi connectivity index (χ2v) is 10.3. The SMILES string of the molecule is CN(C=N)C(=N)C(c1cccc(-c2n[nH]c3c(CNC4CCNC(=O)C4)nc(C(F)(F)F)cc23)c1)C1CCC1. The Kier molecular flexibility index (Phi) is 7.39. The molecule has 2 aliphatic rings. The number of likely N-dealkylation sites (N-methyl/N-ethyl adjacent to an activating group) is 1. The highest BCUT2D eigenvalue weighted by Gasteiger charge is 2.35. The number of carbonyl (C=O) groups excluding carboxylic acids is 1. The van der Waals surface area contributed by atoms with Gasteiger partial charge in [0, 0.05) is 49.5 Å². The number of hydrogen-bond donors (Lipinski definition) is 5. The predicted molar refractivity (Wildman–Crippen MR) is 142 cm³/mol. The summed E-state index contributed by atoms with van der Waals surface area (Å²) in [5, 5.41) is 29.8. The molecule has 1 amide bonds. The Morgan fingerprint density at radius 1 is 1.28 bits per heavy atom. The fourth-order valence-corrected chi connectivity index (χ4v) is 5.37. The van der Waals surface area contributed by atoms with Gasteiger partial charge in [-0.3, -0.25) is 20.7 Å². The lowest BCUT2D eigenvalue weighted by molar-refractivity contribution is -0.141. The van der Waals surface area contributed by atoms with Crippen molar-refractivity contribution in [2.24, 2.45) is 5.92 Å². The molecular formula is C27H31F3N8O. The van der Waals surface area contributed by atoms with Crippen LogP contribution in [-0.4, -0.2) is 57.8 Å². The van der Waals surface area contributed by atoms with Gasteiger partial charge in [-0.15, -0.1) is 0 Å². The smallest absolute Gasteiger partial charge is 0.356 e. The third-order valence-corrected chi connectivity index (χ3v) is 7.73. The minimum Gasteiger partial charge on any atom is -0.356 e. The molecule has 3 aromatic rings. The molecule has 1 aliphatic heterocycles. The zero-order valence-corrected chi connectivity index (χ0v) is 21.5. The average Bonchev–Trinajstić information content (AvgIpc) is 3.32. The van der Waals surface area contributed by atoms with Gasteiger partial charge in [0.25, 0.3) is 0 Å². The number of aromatic amines is 1. The number of halogens is 3. The number of benzene rings is 1. The quantitative estimate of drug-likeness (QED) is 0.213. The van der Waals surface area contributed by atoms with Crippen LogP contribution in [0.15, 0.2) is 30.3 Å². The maximum atomic E-state index is 13.9. The zero-order valence-electron chi connectivity index (χ0n) is 21.5. The number of nitrogens with one attached hydrogen (secondary N) is 5. The van der Waals surface area contributed by atoms with E-state index in [1.165, 1.54) is 4.90 Å². The first-order valence-corrected chi connectivity index (χ1v) is 13.0. The summed E-state index contributed by atoms with van der Waals surface area (Å²) in [4.78, 5) is 17.1. The summed E-state index contributed by atoms with van der Waals surface area (Å²) in [6.07, 6.45) is 0.447. The Bertz CT molecular complexity index is 1400. The summed E-state index contributed by atoms with van der Waals surface area (Å²) in [6.45, 7) is 0.568. The minimum absolute atomic E-state index is 0.0525. The lowest BCUT2D eigenvalue weighted by Crippen LogP contribution is -2.43. The number of aromatic nitrogens is 3. The molecule has 5 N–H and O–H groups in total. The van der Waals surface area contributed by atoms with Crippen LogP contribution < -0.4 is 10.6 Å². The molecule has 0 bridgehead atoms. The van der Waals surface area contributed by atoms with Crippen molar-refractivity contribution < 1.29 is 18.0 Å². The second kappa shape index (κ2) is 10.8. The van der Waals surface area contributed by atoms with Gasteiger partial charge in [-0.25, -0.2) is 4.98 Å². The Labute approximate surface area is 223 Å². The largest absolute Gasteiger partial charge is 0.433 e. The van der Waals surface area contributed by atoms with E-state index in [0.717, 1.165) is 37.2 Å². The summed E-state index contributed by atoms with van der Waals surface area (Å²) in [5.41, 5.74) is 1.46. The molecule has 1 saturated heterocycles. The molecule has 9 nitrogen and oxygen atoms in total. The van der Waals surface area contributed by atoms with Crippen molar-refractivity contribution in [1.82, 2.24) is 30.7 Å². The third kappa shape index (κ3) is 5.51. The van der Waals surface area contributed by atoms with Gasteiger partial charge in [-0.05, 0) is 42.9 Å². The second-order valence-electron chi connectivity index (χ2n) is 10.3. The molecule has 1 aromatic carbocycles. The van der Waals surface area contributed by atoms with Crippen LogP contribution >= 0.6 is 0 Å². The van der Waals surface area contributed by atoms with Crippen LogP contribution in [0.1, 0.15) is 55.0 Å². The van der Waals surface area contributed by atoms with Gasteiger partial charge in [0.15, 0.2) is 0 Å². The number of amides is 1. The van der Waals surface area contributed by atoms with Gasteiger partial charge >= 0.3 is 6.18 Å². The first kappa shape index (κ1) is 26.8. The molecule has 2 unspecified atom stereocenters. The lowest BCUT2D eigenvalue weighted by Gasteiger charge is -2.36. The fourth-order valence-electron chi connectivity index (χ4n) is 5.37. The molecule has 5 rings (SSSR count). The van der Waals surface area contributed by atoms with Gasteiger partial charge in [-0.2, -0.15) is 18.3 Å². The van der Waals surface area contributed by atoms with Crippen molar-refractivity contribution in [3.63, 3.8) is 0 Å². The number of fused-ring (bicyclic) bond motifs is 1. The zero-order chi connectivity index (χ0) is 27.7. The first-order chi connectivity index (χ1) is 18.7.